The molecule has 0 fully saturated rings. The topological polar surface area (TPSA) is 86.3 Å². The maximum Gasteiger partial charge on any atom is 0.341 e. The lowest BCUT2D eigenvalue weighted by Gasteiger charge is -2.10. The molecule has 2 aromatic carbocycles. The highest BCUT2D eigenvalue weighted by molar-refractivity contribution is 7.98. The fourth-order valence-corrected chi connectivity index (χ4v) is 4.90. The number of thioether (sulfide) groups is 1. The molecule has 0 aliphatic heterocycles. The van der Waals surface area contributed by atoms with Gasteiger partial charge < -0.3 is 0 Å². The van der Waals surface area contributed by atoms with E-state index in [0.717, 1.165) is 12.0 Å². The van der Waals surface area contributed by atoms with Crippen molar-refractivity contribution in [2.24, 2.45) is 0 Å². The van der Waals surface area contributed by atoms with Gasteiger partial charge in [0.25, 0.3) is 5.56 Å². The van der Waals surface area contributed by atoms with Crippen molar-refractivity contribution < 1.29 is 17.2 Å². The fourth-order valence-electron chi connectivity index (χ4n) is 3.28. The van der Waals surface area contributed by atoms with Crippen LogP contribution in [-0.4, -0.2) is 33.3 Å². The van der Waals surface area contributed by atoms with Crippen molar-refractivity contribution in [1.82, 2.24) is 19.2 Å². The second kappa shape index (κ2) is 8.39. The lowest BCUT2D eigenvalue weighted by molar-refractivity contribution is 0.234. The van der Waals surface area contributed by atoms with Crippen molar-refractivity contribution in [2.45, 2.75) is 41.5 Å². The van der Waals surface area contributed by atoms with Gasteiger partial charge in [0.05, 0.1) is 15.8 Å². The highest BCUT2D eigenvalue weighted by Gasteiger charge is 2.26. The predicted octanol–water partition coefficient (Wildman–Crippen LogP) is 3.74. The zero-order valence-corrected chi connectivity index (χ0v) is 18.0. The molecule has 4 aromatic rings. The molecule has 0 N–H and O–H groups in total. The zero-order chi connectivity index (χ0) is 22.2. The predicted molar refractivity (Wildman–Crippen MR) is 114 cm³/mol. The summed E-state index contributed by atoms with van der Waals surface area (Å²) in [5, 5.41) is 9.60. The molecule has 0 unspecified atom stereocenters. The van der Waals surface area contributed by atoms with E-state index >= 15 is 0 Å². The second-order valence-electron chi connectivity index (χ2n) is 6.83. The van der Waals surface area contributed by atoms with Crippen LogP contribution in [0, 0.1) is 0 Å². The van der Waals surface area contributed by atoms with Crippen LogP contribution in [0.5, 0.6) is 0 Å². The fraction of sp³-hybridized carbons (Fsp3) is 0.250. The molecule has 0 aliphatic rings. The van der Waals surface area contributed by atoms with Crippen LogP contribution < -0.4 is 5.56 Å². The molecule has 31 heavy (non-hydrogen) atoms. The van der Waals surface area contributed by atoms with E-state index in [1.54, 1.807) is 16.7 Å². The van der Waals surface area contributed by atoms with E-state index < -0.39 is 20.5 Å². The molecule has 162 valence electrons. The first-order valence-electron chi connectivity index (χ1n) is 9.45. The monoisotopic (exact) mass is 464 g/mol. The van der Waals surface area contributed by atoms with Crippen LogP contribution in [0.3, 0.4) is 0 Å². The molecule has 0 bridgehead atoms. The maximum absolute atomic E-state index is 12.9. The first-order chi connectivity index (χ1) is 14.8. The number of benzene rings is 2. The van der Waals surface area contributed by atoms with Gasteiger partial charge in [0.15, 0.2) is 5.16 Å². The Balaban J connectivity index is 1.69. The van der Waals surface area contributed by atoms with Crippen LogP contribution in [0.2, 0.25) is 0 Å². The van der Waals surface area contributed by atoms with Crippen molar-refractivity contribution in [3.8, 4) is 0 Å². The molecule has 11 heteroatoms. The molecule has 0 radical (unpaired) electrons. The van der Waals surface area contributed by atoms with E-state index in [1.165, 1.54) is 36.0 Å². The van der Waals surface area contributed by atoms with Gasteiger partial charge in [-0.05, 0) is 36.2 Å². The van der Waals surface area contributed by atoms with Gasteiger partial charge in [0, 0.05) is 12.3 Å². The van der Waals surface area contributed by atoms with E-state index in [2.05, 4.69) is 10.2 Å². The molecule has 0 atom stereocenters. The molecule has 2 heterocycles. The normalized spacial score (nSPS) is 12.3. The largest absolute Gasteiger partial charge is 0.341 e. The lowest BCUT2D eigenvalue weighted by atomic mass is 10.2. The van der Waals surface area contributed by atoms with Gasteiger partial charge in [-0.2, -0.15) is 8.78 Å². The molecule has 0 aliphatic carbocycles. The number of aryl methyl sites for hydroxylation is 1. The van der Waals surface area contributed by atoms with Crippen LogP contribution in [0.1, 0.15) is 18.9 Å². The summed E-state index contributed by atoms with van der Waals surface area (Å²) in [6.07, 6.45) is 0.761. The minimum absolute atomic E-state index is 0.121. The van der Waals surface area contributed by atoms with E-state index in [4.69, 9.17) is 0 Å². The second-order valence-corrected chi connectivity index (χ2v) is 9.69. The summed E-state index contributed by atoms with van der Waals surface area (Å²) >= 11 is 1.35. The molecule has 2 aromatic heterocycles. The number of nitrogens with zero attached hydrogens (tertiary/aromatic N) is 4. The Morgan fingerprint density at radius 2 is 1.77 bits per heavy atom. The van der Waals surface area contributed by atoms with Crippen LogP contribution in [-0.2, 0) is 22.1 Å². The van der Waals surface area contributed by atoms with Gasteiger partial charge >= 0.3 is 5.76 Å². The average molecular weight is 465 g/mol. The lowest BCUT2D eigenvalue weighted by Crippen LogP contribution is -2.23. The van der Waals surface area contributed by atoms with Gasteiger partial charge in [-0.15, -0.1) is 10.2 Å². The third-order valence-electron chi connectivity index (χ3n) is 4.78. The van der Waals surface area contributed by atoms with Gasteiger partial charge in [0.1, 0.15) is 0 Å². The first-order valence-corrected chi connectivity index (χ1v) is 12.0. The summed E-state index contributed by atoms with van der Waals surface area (Å²) in [5.41, 5.74) is 1.31. The molecule has 0 amide bonds. The maximum atomic E-state index is 12.9. The highest BCUT2D eigenvalue weighted by Crippen LogP contribution is 2.26. The van der Waals surface area contributed by atoms with Crippen molar-refractivity contribution in [1.29, 1.82) is 0 Å². The van der Waals surface area contributed by atoms with Crippen molar-refractivity contribution in [2.75, 3.05) is 0 Å². The van der Waals surface area contributed by atoms with E-state index in [1.807, 2.05) is 23.5 Å². The van der Waals surface area contributed by atoms with Crippen LogP contribution in [0.25, 0.3) is 16.7 Å². The van der Waals surface area contributed by atoms with Gasteiger partial charge in [0.2, 0.25) is 15.6 Å². The summed E-state index contributed by atoms with van der Waals surface area (Å²) in [5.74, 6) is -2.59. The zero-order valence-electron chi connectivity index (χ0n) is 16.4. The van der Waals surface area contributed by atoms with E-state index in [0.29, 0.717) is 34.1 Å². The van der Waals surface area contributed by atoms with E-state index in [9.17, 15) is 22.0 Å². The molecule has 0 saturated heterocycles. The molecular formula is C20H18F2N4O3S2. The Morgan fingerprint density at radius 1 is 1.06 bits per heavy atom. The average Bonchev–Trinajstić information content (AvgIpc) is 3.19. The smallest absolute Gasteiger partial charge is 0.276 e. The molecule has 4 rings (SSSR count). The summed E-state index contributed by atoms with van der Waals surface area (Å²) in [6, 6.07) is 12.6. The van der Waals surface area contributed by atoms with Crippen LogP contribution in [0.15, 0.2) is 63.4 Å². The summed E-state index contributed by atoms with van der Waals surface area (Å²) in [6.45, 7) is 2.48. The Bertz CT molecular complexity index is 1410. The van der Waals surface area contributed by atoms with Crippen molar-refractivity contribution >= 4 is 38.3 Å². The number of hydrogen-bond acceptors (Lipinski definition) is 6. The number of halogens is 2. The molecule has 0 spiro atoms. The van der Waals surface area contributed by atoms with Crippen molar-refractivity contribution in [3.63, 3.8) is 0 Å². The van der Waals surface area contributed by atoms with Gasteiger partial charge in [-0.1, -0.05) is 43.0 Å². The Kier molecular flexibility index (Phi) is 5.80. The Labute approximate surface area is 180 Å². The molecular weight excluding hydrogens is 446 g/mol. The number of aromatic nitrogens is 4. The van der Waals surface area contributed by atoms with Crippen LogP contribution >= 0.6 is 11.8 Å². The summed E-state index contributed by atoms with van der Waals surface area (Å²) in [4.78, 5) is 12.4. The number of para-hydroxylation sites is 1. The highest BCUT2D eigenvalue weighted by atomic mass is 32.2. The van der Waals surface area contributed by atoms with Crippen LogP contribution in [0.4, 0.5) is 8.78 Å². The number of hydrogen-bond donors (Lipinski definition) is 0. The molecule has 0 saturated carbocycles. The van der Waals surface area contributed by atoms with E-state index in [-0.39, 0.29) is 5.56 Å². The quantitative estimate of drug-likeness (QED) is 0.387. The minimum atomic E-state index is -4.62. The number of fused-ring (bicyclic) bond motifs is 3. The first kappa shape index (κ1) is 21.4. The number of sulfone groups is 1. The Morgan fingerprint density at radius 3 is 2.45 bits per heavy atom. The minimum Gasteiger partial charge on any atom is -0.276 e. The molecule has 7 nitrogen and oxygen atoms in total. The van der Waals surface area contributed by atoms with Crippen molar-refractivity contribution in [3.05, 3.63) is 64.4 Å². The SMILES string of the molecule is CCCn1c(=O)c2ccccc2n2c(SCc3ccc(S(=O)(=O)C(F)F)cc3)nnc12. The number of rotatable bonds is 7. The standard InChI is InChI=1S/C20H18F2N4O3S2/c1-2-11-25-17(27)15-5-3-4-6-16(15)26-19(25)23-24-20(26)30-12-13-7-9-14(10-8-13)31(28,29)18(21)22/h3-10,18H,2,11-12H2,1H3. The third-order valence-corrected chi connectivity index (χ3v) is 7.18. The number of alkyl halides is 2. The third kappa shape index (κ3) is 3.83. The van der Waals surface area contributed by atoms with Gasteiger partial charge in [-0.3, -0.25) is 13.8 Å². The Hall–Kier alpha value is -2.79. The van der Waals surface area contributed by atoms with Gasteiger partial charge in [-0.25, -0.2) is 8.42 Å². The summed E-state index contributed by atoms with van der Waals surface area (Å²) < 4.78 is 51.9. The summed E-state index contributed by atoms with van der Waals surface area (Å²) in [7, 11) is -4.62.